The van der Waals surface area contributed by atoms with E-state index in [9.17, 15) is 19.7 Å². The van der Waals surface area contributed by atoms with Crippen molar-refractivity contribution in [2.75, 3.05) is 11.9 Å². The first-order chi connectivity index (χ1) is 10.6. The van der Waals surface area contributed by atoms with Crippen LogP contribution in [0.2, 0.25) is 0 Å². The van der Waals surface area contributed by atoms with E-state index in [-0.39, 0.29) is 11.4 Å². The normalized spacial score (nSPS) is 9.82. The van der Waals surface area contributed by atoms with Crippen LogP contribution in [0.15, 0.2) is 42.9 Å². The number of aromatic nitrogens is 2. The van der Waals surface area contributed by atoms with Crippen LogP contribution < -0.4 is 5.32 Å². The molecule has 0 unspecified atom stereocenters. The van der Waals surface area contributed by atoms with Crippen LogP contribution in [0.25, 0.3) is 0 Å². The zero-order valence-electron chi connectivity index (χ0n) is 11.1. The molecule has 1 N–H and O–H groups in total. The second kappa shape index (κ2) is 6.88. The molecule has 1 amide bonds. The van der Waals surface area contributed by atoms with Gasteiger partial charge in [-0.1, -0.05) is 0 Å². The van der Waals surface area contributed by atoms with Crippen molar-refractivity contribution in [2.45, 2.75) is 0 Å². The first-order valence-corrected chi connectivity index (χ1v) is 6.03. The minimum Gasteiger partial charge on any atom is -0.451 e. The number of benzene rings is 1. The van der Waals surface area contributed by atoms with Gasteiger partial charge in [0.2, 0.25) is 0 Å². The van der Waals surface area contributed by atoms with Gasteiger partial charge in [0.15, 0.2) is 12.3 Å². The largest absolute Gasteiger partial charge is 0.451 e. The van der Waals surface area contributed by atoms with E-state index in [4.69, 9.17) is 4.74 Å². The molecule has 112 valence electrons. The highest BCUT2D eigenvalue weighted by molar-refractivity contribution is 5.94. The van der Waals surface area contributed by atoms with Crippen LogP contribution >= 0.6 is 0 Å². The maximum absolute atomic E-state index is 11.6. The highest BCUT2D eigenvalue weighted by Crippen LogP contribution is 2.15. The summed E-state index contributed by atoms with van der Waals surface area (Å²) in [5.74, 6) is -1.35. The Hall–Kier alpha value is -3.36. The Morgan fingerprint density at radius 1 is 1.23 bits per heavy atom. The summed E-state index contributed by atoms with van der Waals surface area (Å²) in [6.07, 6.45) is 3.95. The zero-order chi connectivity index (χ0) is 15.9. The first kappa shape index (κ1) is 15.0. The van der Waals surface area contributed by atoms with Crippen molar-refractivity contribution in [3.63, 3.8) is 0 Å². The average Bonchev–Trinajstić information content (AvgIpc) is 2.54. The summed E-state index contributed by atoms with van der Waals surface area (Å²) in [7, 11) is 0. The van der Waals surface area contributed by atoms with Gasteiger partial charge >= 0.3 is 5.97 Å². The van der Waals surface area contributed by atoms with Gasteiger partial charge in [0.25, 0.3) is 11.6 Å². The number of rotatable bonds is 5. The maximum Gasteiger partial charge on any atom is 0.359 e. The zero-order valence-corrected chi connectivity index (χ0v) is 11.1. The Labute approximate surface area is 124 Å². The fraction of sp³-hybridized carbons (Fsp3) is 0.0769. The van der Waals surface area contributed by atoms with Gasteiger partial charge in [-0.05, 0) is 12.1 Å². The minimum atomic E-state index is -0.771. The number of carbonyl (C=O) groups is 2. The molecule has 0 radical (unpaired) electrons. The van der Waals surface area contributed by atoms with E-state index in [0.717, 1.165) is 0 Å². The molecule has 0 aliphatic carbocycles. The predicted octanol–water partition coefficient (Wildman–Crippen LogP) is 1.18. The van der Waals surface area contributed by atoms with Gasteiger partial charge in [0.05, 0.1) is 11.1 Å². The van der Waals surface area contributed by atoms with Crippen LogP contribution in [0.1, 0.15) is 10.5 Å². The second-order valence-corrected chi connectivity index (χ2v) is 4.02. The van der Waals surface area contributed by atoms with E-state index < -0.39 is 23.4 Å². The van der Waals surface area contributed by atoms with E-state index in [2.05, 4.69) is 15.3 Å². The highest BCUT2D eigenvalue weighted by atomic mass is 16.6. The van der Waals surface area contributed by atoms with Gasteiger partial charge < -0.3 is 10.1 Å². The van der Waals surface area contributed by atoms with Crippen LogP contribution in [0.5, 0.6) is 0 Å². The third kappa shape index (κ3) is 4.07. The standard InChI is InChI=1S/C13H10N4O5/c18-12(8-22-13(19)11-7-14-5-6-15-11)16-9-1-3-10(4-2-9)17(20)21/h1-7H,8H2,(H,16,18). The molecule has 0 bridgehead atoms. The smallest absolute Gasteiger partial charge is 0.359 e. The van der Waals surface area contributed by atoms with E-state index in [1.165, 1.54) is 42.9 Å². The Morgan fingerprint density at radius 3 is 2.55 bits per heavy atom. The number of esters is 1. The molecule has 1 aromatic carbocycles. The lowest BCUT2D eigenvalue weighted by Crippen LogP contribution is -2.21. The van der Waals surface area contributed by atoms with Crippen molar-refractivity contribution >= 4 is 23.3 Å². The SMILES string of the molecule is O=C(COC(=O)c1cnccn1)Nc1ccc([N+](=O)[O-])cc1. The summed E-state index contributed by atoms with van der Waals surface area (Å²) >= 11 is 0. The topological polar surface area (TPSA) is 124 Å². The Balaban J connectivity index is 1.85. The quantitative estimate of drug-likeness (QED) is 0.499. The summed E-state index contributed by atoms with van der Waals surface area (Å²) in [5, 5.41) is 12.9. The van der Waals surface area contributed by atoms with Crippen LogP contribution in [-0.4, -0.2) is 33.4 Å². The fourth-order valence-corrected chi connectivity index (χ4v) is 1.47. The van der Waals surface area contributed by atoms with Crippen molar-refractivity contribution in [1.29, 1.82) is 0 Å². The summed E-state index contributed by atoms with van der Waals surface area (Å²) in [5.41, 5.74) is 0.254. The second-order valence-electron chi connectivity index (χ2n) is 4.02. The van der Waals surface area contributed by atoms with E-state index in [1.807, 2.05) is 0 Å². The van der Waals surface area contributed by atoms with E-state index in [1.54, 1.807) is 0 Å². The molecule has 2 rings (SSSR count). The van der Waals surface area contributed by atoms with Crippen molar-refractivity contribution in [2.24, 2.45) is 0 Å². The minimum absolute atomic E-state index is 0.00867. The number of non-ortho nitro benzene ring substituents is 1. The molecule has 0 fully saturated rings. The maximum atomic E-state index is 11.6. The fourth-order valence-electron chi connectivity index (χ4n) is 1.47. The lowest BCUT2D eigenvalue weighted by Gasteiger charge is -2.06. The lowest BCUT2D eigenvalue weighted by atomic mass is 10.3. The summed E-state index contributed by atoms with van der Waals surface area (Å²) < 4.78 is 4.76. The number of nitro groups is 1. The summed E-state index contributed by atoms with van der Waals surface area (Å²) in [6.45, 7) is -0.508. The first-order valence-electron chi connectivity index (χ1n) is 6.03. The lowest BCUT2D eigenvalue weighted by molar-refractivity contribution is -0.384. The van der Waals surface area contributed by atoms with Crippen LogP contribution in [0.3, 0.4) is 0 Å². The highest BCUT2D eigenvalue weighted by Gasteiger charge is 2.12. The molecule has 0 saturated heterocycles. The molecule has 0 aliphatic rings. The third-order valence-electron chi connectivity index (χ3n) is 2.47. The van der Waals surface area contributed by atoms with Crippen molar-refractivity contribution < 1.29 is 19.2 Å². The number of carbonyl (C=O) groups excluding carboxylic acids is 2. The van der Waals surface area contributed by atoms with Gasteiger partial charge in [-0.2, -0.15) is 0 Å². The van der Waals surface area contributed by atoms with Crippen LogP contribution in [-0.2, 0) is 9.53 Å². The molecule has 1 heterocycles. The third-order valence-corrected chi connectivity index (χ3v) is 2.47. The molecule has 0 spiro atoms. The summed E-state index contributed by atoms with van der Waals surface area (Å²) in [4.78, 5) is 40.5. The number of hydrogen-bond donors (Lipinski definition) is 1. The van der Waals surface area contributed by atoms with Crippen molar-refractivity contribution in [3.05, 3.63) is 58.7 Å². The van der Waals surface area contributed by atoms with Gasteiger partial charge in [-0.15, -0.1) is 0 Å². The van der Waals surface area contributed by atoms with Gasteiger partial charge in [-0.25, -0.2) is 9.78 Å². The predicted molar refractivity (Wildman–Crippen MR) is 74.0 cm³/mol. The van der Waals surface area contributed by atoms with Crippen LogP contribution in [0.4, 0.5) is 11.4 Å². The molecule has 0 aliphatic heterocycles. The van der Waals surface area contributed by atoms with Crippen molar-refractivity contribution in [3.8, 4) is 0 Å². The average molecular weight is 302 g/mol. The molecule has 0 atom stereocenters. The number of hydrogen-bond acceptors (Lipinski definition) is 7. The molecule has 1 aromatic heterocycles. The Morgan fingerprint density at radius 2 is 1.95 bits per heavy atom. The molecule has 0 saturated carbocycles. The van der Waals surface area contributed by atoms with Gasteiger partial charge in [0.1, 0.15) is 0 Å². The number of anilines is 1. The summed E-state index contributed by atoms with van der Waals surface area (Å²) in [6, 6.07) is 5.25. The number of nitrogens with zero attached hydrogens (tertiary/aromatic N) is 3. The number of nitro benzene ring substituents is 1. The van der Waals surface area contributed by atoms with E-state index in [0.29, 0.717) is 5.69 Å². The molecule has 22 heavy (non-hydrogen) atoms. The van der Waals surface area contributed by atoms with Crippen molar-refractivity contribution in [1.82, 2.24) is 9.97 Å². The van der Waals surface area contributed by atoms with Gasteiger partial charge in [0, 0.05) is 30.2 Å². The molecular formula is C13H10N4O5. The van der Waals surface area contributed by atoms with Gasteiger partial charge in [-0.3, -0.25) is 19.9 Å². The molecule has 2 aromatic rings. The number of amides is 1. The Bertz CT molecular complexity index is 687. The number of ether oxygens (including phenoxy) is 1. The molecule has 9 heteroatoms. The van der Waals surface area contributed by atoms with Crippen LogP contribution in [0, 0.1) is 10.1 Å². The number of nitrogens with one attached hydrogen (secondary N) is 1. The monoisotopic (exact) mass is 302 g/mol. The Kier molecular flexibility index (Phi) is 4.70. The molecular weight excluding hydrogens is 292 g/mol. The van der Waals surface area contributed by atoms with E-state index >= 15 is 0 Å². The molecule has 9 nitrogen and oxygen atoms in total.